The Kier molecular flexibility index (Phi) is 7.68. The fraction of sp³-hybridized carbons (Fsp3) is 0.174. The highest BCUT2D eigenvalue weighted by atomic mass is 32.2. The molecular weight excluding hydrogens is 479 g/mol. The van der Waals surface area contributed by atoms with Gasteiger partial charge < -0.3 is 4.90 Å². The van der Waals surface area contributed by atoms with Crippen molar-refractivity contribution in [2.45, 2.75) is 17.5 Å². The number of carbonyl (C=O) groups is 1. The summed E-state index contributed by atoms with van der Waals surface area (Å²) in [6, 6.07) is 13.1. The summed E-state index contributed by atoms with van der Waals surface area (Å²) in [5, 5.41) is 0. The van der Waals surface area contributed by atoms with Gasteiger partial charge >= 0.3 is 6.18 Å². The Hall–Kier alpha value is -3.31. The summed E-state index contributed by atoms with van der Waals surface area (Å²) >= 11 is 0. The number of amides is 1. The number of hydrogen-bond donors (Lipinski definition) is 1. The van der Waals surface area contributed by atoms with E-state index in [-0.39, 0.29) is 25.1 Å². The van der Waals surface area contributed by atoms with E-state index in [1.54, 1.807) is 0 Å². The van der Waals surface area contributed by atoms with E-state index in [1.165, 1.54) is 29.2 Å². The Morgan fingerprint density at radius 3 is 2.06 bits per heavy atom. The molecule has 11 heteroatoms. The molecule has 0 aliphatic carbocycles. The molecule has 0 saturated heterocycles. The molecule has 1 N–H and O–H groups in total. The van der Waals surface area contributed by atoms with Crippen molar-refractivity contribution in [3.05, 3.63) is 95.6 Å². The first-order valence-electron chi connectivity index (χ1n) is 9.97. The minimum Gasteiger partial charge on any atom is -0.308 e. The van der Waals surface area contributed by atoms with E-state index in [4.69, 9.17) is 0 Å². The molecule has 0 atom stereocenters. The maximum absolute atomic E-state index is 13.3. The molecular formula is C23H19F5N2O3S. The van der Waals surface area contributed by atoms with Crippen molar-refractivity contribution >= 4 is 21.6 Å². The first kappa shape index (κ1) is 25.3. The topological polar surface area (TPSA) is 66.5 Å². The van der Waals surface area contributed by atoms with Crippen LogP contribution in [0, 0.1) is 11.6 Å². The average molecular weight is 498 g/mol. The first-order valence-corrected chi connectivity index (χ1v) is 11.5. The lowest BCUT2D eigenvalue weighted by atomic mass is 10.1. The largest absolute Gasteiger partial charge is 0.416 e. The summed E-state index contributed by atoms with van der Waals surface area (Å²) in [4.78, 5) is 13.7. The standard InChI is InChI=1S/C23H19F5N2O3S/c24-18-7-5-16(6-8-18)22(31)30(20-11-9-19(25)10-12-20)14-2-13-29-34(32,33)21-4-1-3-17(15-21)23(26,27)28/h1,3-12,15,29H,2,13-14H2. The van der Waals surface area contributed by atoms with Crippen LogP contribution < -0.4 is 9.62 Å². The minimum absolute atomic E-state index is 0.00699. The van der Waals surface area contributed by atoms with Crippen LogP contribution in [0.2, 0.25) is 0 Å². The van der Waals surface area contributed by atoms with Gasteiger partial charge in [0.05, 0.1) is 10.5 Å². The Balaban J connectivity index is 1.71. The molecule has 0 aliphatic heterocycles. The van der Waals surface area contributed by atoms with Gasteiger partial charge in [-0.3, -0.25) is 4.79 Å². The third kappa shape index (κ3) is 6.39. The lowest BCUT2D eigenvalue weighted by Gasteiger charge is -2.23. The number of nitrogens with one attached hydrogen (secondary N) is 1. The fourth-order valence-corrected chi connectivity index (χ4v) is 4.20. The third-order valence-corrected chi connectivity index (χ3v) is 6.26. The minimum atomic E-state index is -4.69. The lowest BCUT2D eigenvalue weighted by molar-refractivity contribution is -0.137. The van der Waals surface area contributed by atoms with Crippen molar-refractivity contribution in [3.8, 4) is 0 Å². The Morgan fingerprint density at radius 1 is 0.882 bits per heavy atom. The second-order valence-electron chi connectivity index (χ2n) is 7.22. The Morgan fingerprint density at radius 2 is 1.47 bits per heavy atom. The van der Waals surface area contributed by atoms with Crippen molar-refractivity contribution in [1.29, 1.82) is 0 Å². The molecule has 1 amide bonds. The maximum atomic E-state index is 13.3. The van der Waals surface area contributed by atoms with E-state index >= 15 is 0 Å². The number of anilines is 1. The van der Waals surface area contributed by atoms with Crippen LogP contribution in [0.3, 0.4) is 0 Å². The molecule has 0 bridgehead atoms. The predicted octanol–water partition coefficient (Wildman–Crippen LogP) is 5.00. The molecule has 0 spiro atoms. The SMILES string of the molecule is O=C(c1ccc(F)cc1)N(CCCNS(=O)(=O)c1cccc(C(F)(F)F)c1)c1ccc(F)cc1. The second-order valence-corrected chi connectivity index (χ2v) is 8.98. The van der Waals surface area contributed by atoms with Gasteiger partial charge in [0.2, 0.25) is 10.0 Å². The van der Waals surface area contributed by atoms with Gasteiger partial charge in [-0.15, -0.1) is 0 Å². The summed E-state index contributed by atoms with van der Waals surface area (Å²) in [7, 11) is -4.23. The van der Waals surface area contributed by atoms with Crippen LogP contribution in [-0.2, 0) is 16.2 Å². The zero-order chi connectivity index (χ0) is 24.9. The van der Waals surface area contributed by atoms with Gasteiger partial charge in [-0.2, -0.15) is 13.2 Å². The van der Waals surface area contributed by atoms with Gasteiger partial charge in [0.25, 0.3) is 5.91 Å². The summed E-state index contributed by atoms with van der Waals surface area (Å²) in [5.41, 5.74) is -0.602. The average Bonchev–Trinajstić information content (AvgIpc) is 2.79. The second kappa shape index (κ2) is 10.3. The van der Waals surface area contributed by atoms with Crippen molar-refractivity contribution in [2.75, 3.05) is 18.0 Å². The van der Waals surface area contributed by atoms with Gasteiger partial charge in [-0.1, -0.05) is 6.07 Å². The zero-order valence-corrected chi connectivity index (χ0v) is 18.3. The number of halogens is 5. The van der Waals surface area contributed by atoms with Crippen molar-refractivity contribution in [2.24, 2.45) is 0 Å². The summed E-state index contributed by atoms with van der Waals surface area (Å²) in [6.07, 6.45) is -4.61. The quantitative estimate of drug-likeness (QED) is 0.351. The van der Waals surface area contributed by atoms with Crippen LogP contribution in [0.4, 0.5) is 27.6 Å². The van der Waals surface area contributed by atoms with Gasteiger partial charge in [0.1, 0.15) is 11.6 Å². The lowest BCUT2D eigenvalue weighted by Crippen LogP contribution is -2.34. The molecule has 0 unspecified atom stereocenters. The van der Waals surface area contributed by atoms with E-state index in [9.17, 15) is 35.2 Å². The summed E-state index contributed by atoms with van der Waals surface area (Å²) < 4.78 is 92.2. The smallest absolute Gasteiger partial charge is 0.308 e. The number of rotatable bonds is 8. The molecule has 5 nitrogen and oxygen atoms in total. The molecule has 0 aliphatic rings. The highest BCUT2D eigenvalue weighted by Crippen LogP contribution is 2.30. The van der Waals surface area contributed by atoms with E-state index in [1.807, 2.05) is 0 Å². The van der Waals surface area contributed by atoms with Crippen LogP contribution in [0.5, 0.6) is 0 Å². The van der Waals surface area contributed by atoms with E-state index in [0.29, 0.717) is 11.8 Å². The third-order valence-electron chi connectivity index (χ3n) is 4.80. The van der Waals surface area contributed by atoms with Crippen LogP contribution in [0.25, 0.3) is 0 Å². The van der Waals surface area contributed by atoms with E-state index in [2.05, 4.69) is 4.72 Å². The predicted molar refractivity (Wildman–Crippen MR) is 116 cm³/mol. The van der Waals surface area contributed by atoms with Crippen LogP contribution in [0.1, 0.15) is 22.3 Å². The summed E-state index contributed by atoms with van der Waals surface area (Å²) in [5.74, 6) is -1.58. The van der Waals surface area contributed by atoms with E-state index < -0.39 is 44.2 Å². The molecule has 180 valence electrons. The molecule has 3 rings (SSSR count). The normalized spacial score (nSPS) is 11.9. The number of sulfonamides is 1. The van der Waals surface area contributed by atoms with Crippen molar-refractivity contribution < 1.29 is 35.2 Å². The maximum Gasteiger partial charge on any atom is 0.416 e. The molecule has 0 radical (unpaired) electrons. The van der Waals surface area contributed by atoms with Crippen molar-refractivity contribution in [1.82, 2.24) is 4.72 Å². The molecule has 34 heavy (non-hydrogen) atoms. The van der Waals surface area contributed by atoms with Gasteiger partial charge in [-0.25, -0.2) is 21.9 Å². The monoisotopic (exact) mass is 498 g/mol. The zero-order valence-electron chi connectivity index (χ0n) is 17.5. The molecule has 0 heterocycles. The number of hydrogen-bond acceptors (Lipinski definition) is 3. The number of alkyl halides is 3. The van der Waals surface area contributed by atoms with Crippen LogP contribution in [-0.4, -0.2) is 27.4 Å². The van der Waals surface area contributed by atoms with Crippen LogP contribution >= 0.6 is 0 Å². The van der Waals surface area contributed by atoms with Gasteiger partial charge in [0.15, 0.2) is 0 Å². The Labute approximate surface area is 192 Å². The van der Waals surface area contributed by atoms with Gasteiger partial charge in [0, 0.05) is 24.3 Å². The molecule has 3 aromatic rings. The highest BCUT2D eigenvalue weighted by Gasteiger charge is 2.31. The fourth-order valence-electron chi connectivity index (χ4n) is 3.08. The van der Waals surface area contributed by atoms with Crippen molar-refractivity contribution in [3.63, 3.8) is 0 Å². The molecule has 0 saturated carbocycles. The summed E-state index contributed by atoms with van der Waals surface area (Å²) in [6.45, 7) is -0.195. The highest BCUT2D eigenvalue weighted by molar-refractivity contribution is 7.89. The number of carbonyl (C=O) groups excluding carboxylic acids is 1. The number of benzene rings is 3. The van der Waals surface area contributed by atoms with E-state index in [0.717, 1.165) is 42.5 Å². The first-order chi connectivity index (χ1) is 16.0. The van der Waals surface area contributed by atoms with Gasteiger partial charge in [-0.05, 0) is 73.2 Å². The van der Waals surface area contributed by atoms with Crippen LogP contribution in [0.15, 0.2) is 77.7 Å². The molecule has 0 aromatic heterocycles. The Bertz CT molecular complexity index is 1240. The molecule has 3 aromatic carbocycles. The number of nitrogens with zero attached hydrogens (tertiary/aromatic N) is 1. The molecule has 0 fully saturated rings.